The van der Waals surface area contributed by atoms with Crippen molar-refractivity contribution in [2.45, 2.75) is 18.4 Å². The summed E-state index contributed by atoms with van der Waals surface area (Å²) < 4.78 is 14.8. The lowest BCUT2D eigenvalue weighted by Crippen LogP contribution is -2.22. The quantitative estimate of drug-likeness (QED) is 0.740. The number of rotatable bonds is 1. The predicted octanol–water partition coefficient (Wildman–Crippen LogP) is 1.42. The fourth-order valence-corrected chi connectivity index (χ4v) is 1.69. The molecule has 1 saturated carbocycles. The Morgan fingerprint density at radius 3 is 2.93 bits per heavy atom. The number of halogens is 1. The molecule has 0 saturated heterocycles. The van der Waals surface area contributed by atoms with E-state index in [2.05, 4.69) is 4.98 Å². The van der Waals surface area contributed by atoms with Crippen LogP contribution in [0.4, 0.5) is 4.39 Å². The molecule has 0 aliphatic heterocycles. The van der Waals surface area contributed by atoms with Crippen LogP contribution in [0.1, 0.15) is 18.7 Å². The maximum absolute atomic E-state index is 13.0. The van der Waals surface area contributed by atoms with Crippen molar-refractivity contribution in [2.75, 3.05) is 0 Å². The molecular formula is C10H10FN3. The molecule has 0 amide bonds. The Morgan fingerprint density at radius 2 is 2.21 bits per heavy atom. The van der Waals surface area contributed by atoms with Gasteiger partial charge in [0.15, 0.2) is 0 Å². The molecule has 72 valence electrons. The normalized spacial score (nSPS) is 18.7. The number of aromatic nitrogens is 2. The van der Waals surface area contributed by atoms with Crippen molar-refractivity contribution in [1.82, 2.24) is 9.38 Å². The molecule has 2 aromatic heterocycles. The molecule has 4 heteroatoms. The van der Waals surface area contributed by atoms with Crippen molar-refractivity contribution in [1.29, 1.82) is 0 Å². The number of nitrogens with two attached hydrogens (primary N) is 1. The first-order valence-corrected chi connectivity index (χ1v) is 4.61. The Kier molecular flexibility index (Phi) is 1.32. The average Bonchev–Trinajstić information content (AvgIpc) is 2.77. The summed E-state index contributed by atoms with van der Waals surface area (Å²) in [4.78, 5) is 4.24. The lowest BCUT2D eigenvalue weighted by atomic mass is 10.3. The van der Waals surface area contributed by atoms with Gasteiger partial charge in [0.25, 0.3) is 0 Å². The van der Waals surface area contributed by atoms with Gasteiger partial charge in [0, 0.05) is 6.20 Å². The van der Waals surface area contributed by atoms with E-state index in [0.29, 0.717) is 0 Å². The molecule has 0 unspecified atom stereocenters. The second kappa shape index (κ2) is 2.33. The van der Waals surface area contributed by atoms with Gasteiger partial charge in [-0.1, -0.05) is 0 Å². The van der Waals surface area contributed by atoms with E-state index < -0.39 is 0 Å². The third-order valence-corrected chi connectivity index (χ3v) is 2.73. The molecule has 3 nitrogen and oxygen atoms in total. The highest BCUT2D eigenvalue weighted by atomic mass is 19.1. The number of fused-ring (bicyclic) bond motifs is 1. The van der Waals surface area contributed by atoms with Crippen LogP contribution in [0.2, 0.25) is 0 Å². The van der Waals surface area contributed by atoms with Crippen molar-refractivity contribution >= 4 is 5.52 Å². The van der Waals surface area contributed by atoms with Crippen LogP contribution in [0.15, 0.2) is 24.5 Å². The molecule has 1 aliphatic rings. The lowest BCUT2D eigenvalue weighted by Gasteiger charge is -2.06. The third-order valence-electron chi connectivity index (χ3n) is 2.73. The van der Waals surface area contributed by atoms with Gasteiger partial charge in [-0.15, -0.1) is 0 Å². The summed E-state index contributed by atoms with van der Waals surface area (Å²) in [7, 11) is 0. The van der Waals surface area contributed by atoms with Gasteiger partial charge in [-0.3, -0.25) is 4.40 Å². The predicted molar refractivity (Wildman–Crippen MR) is 50.2 cm³/mol. The minimum atomic E-state index is -0.319. The fraction of sp³-hybridized carbons (Fsp3) is 0.300. The molecule has 0 radical (unpaired) electrons. The number of nitrogens with zero attached hydrogens (tertiary/aromatic N) is 2. The van der Waals surface area contributed by atoms with E-state index in [0.717, 1.165) is 24.2 Å². The second-order valence-electron chi connectivity index (χ2n) is 3.88. The largest absolute Gasteiger partial charge is 0.319 e. The van der Waals surface area contributed by atoms with Crippen molar-refractivity contribution in [3.8, 4) is 0 Å². The summed E-state index contributed by atoms with van der Waals surface area (Å²) in [6.07, 6.45) is 5.03. The summed E-state index contributed by atoms with van der Waals surface area (Å²) in [6, 6.07) is 3.13. The van der Waals surface area contributed by atoms with Crippen molar-refractivity contribution in [3.05, 3.63) is 36.2 Å². The van der Waals surface area contributed by atoms with Crippen molar-refractivity contribution in [3.63, 3.8) is 0 Å². The summed E-state index contributed by atoms with van der Waals surface area (Å²) in [5.41, 5.74) is 6.59. The SMILES string of the molecule is NC1(c2ncc3ccc(F)cn23)CC1. The van der Waals surface area contributed by atoms with Crippen LogP contribution in [0.3, 0.4) is 0 Å². The van der Waals surface area contributed by atoms with Gasteiger partial charge in [0.1, 0.15) is 11.6 Å². The molecule has 1 aliphatic carbocycles. The minimum absolute atomic E-state index is 0.263. The first kappa shape index (κ1) is 7.94. The molecule has 2 heterocycles. The summed E-state index contributed by atoms with van der Waals surface area (Å²) in [6.45, 7) is 0. The first-order valence-electron chi connectivity index (χ1n) is 4.61. The minimum Gasteiger partial charge on any atom is -0.319 e. The molecule has 0 atom stereocenters. The Hall–Kier alpha value is -1.42. The Morgan fingerprint density at radius 1 is 1.43 bits per heavy atom. The summed E-state index contributed by atoms with van der Waals surface area (Å²) in [5.74, 6) is 0.507. The number of pyridine rings is 1. The van der Waals surface area contributed by atoms with E-state index in [4.69, 9.17) is 5.73 Å². The molecule has 2 aromatic rings. The molecule has 14 heavy (non-hydrogen) atoms. The summed E-state index contributed by atoms with van der Waals surface area (Å²) >= 11 is 0. The summed E-state index contributed by atoms with van der Waals surface area (Å²) in [5, 5.41) is 0. The fourth-order valence-electron chi connectivity index (χ4n) is 1.69. The zero-order valence-electron chi connectivity index (χ0n) is 7.57. The van der Waals surface area contributed by atoms with Crippen LogP contribution in [-0.4, -0.2) is 9.38 Å². The van der Waals surface area contributed by atoms with Crippen molar-refractivity contribution < 1.29 is 4.39 Å². The second-order valence-corrected chi connectivity index (χ2v) is 3.88. The monoisotopic (exact) mass is 191 g/mol. The highest BCUT2D eigenvalue weighted by molar-refractivity contribution is 5.47. The number of hydrogen-bond donors (Lipinski definition) is 1. The maximum atomic E-state index is 13.0. The van der Waals surface area contributed by atoms with Crippen LogP contribution in [0.5, 0.6) is 0 Å². The number of imidazole rings is 1. The van der Waals surface area contributed by atoms with E-state index in [-0.39, 0.29) is 11.4 Å². The highest BCUT2D eigenvalue weighted by Crippen LogP contribution is 2.41. The van der Waals surface area contributed by atoms with Crippen LogP contribution >= 0.6 is 0 Å². The van der Waals surface area contributed by atoms with Crippen LogP contribution in [-0.2, 0) is 5.54 Å². The first-order chi connectivity index (χ1) is 6.69. The van der Waals surface area contributed by atoms with Crippen molar-refractivity contribution in [2.24, 2.45) is 5.73 Å². The maximum Gasteiger partial charge on any atom is 0.139 e. The molecule has 2 N–H and O–H groups in total. The third kappa shape index (κ3) is 0.974. The number of hydrogen-bond acceptors (Lipinski definition) is 2. The topological polar surface area (TPSA) is 43.3 Å². The molecule has 3 rings (SSSR count). The Bertz CT molecular complexity index is 499. The van der Waals surface area contributed by atoms with E-state index >= 15 is 0 Å². The van der Waals surface area contributed by atoms with Gasteiger partial charge < -0.3 is 5.73 Å². The molecule has 0 aromatic carbocycles. The van der Waals surface area contributed by atoms with E-state index in [1.165, 1.54) is 12.3 Å². The van der Waals surface area contributed by atoms with Crippen LogP contribution in [0, 0.1) is 5.82 Å². The smallest absolute Gasteiger partial charge is 0.139 e. The van der Waals surface area contributed by atoms with E-state index in [1.807, 2.05) is 0 Å². The van der Waals surface area contributed by atoms with Gasteiger partial charge in [0.2, 0.25) is 0 Å². The standard InChI is InChI=1S/C10H10FN3/c11-7-1-2-8-5-13-9(14(8)6-7)10(12)3-4-10/h1-2,5-6H,3-4,12H2. The molecule has 0 spiro atoms. The van der Waals surface area contributed by atoms with Gasteiger partial charge in [0.05, 0.1) is 17.3 Å². The van der Waals surface area contributed by atoms with Gasteiger partial charge >= 0.3 is 0 Å². The van der Waals surface area contributed by atoms with E-state index in [9.17, 15) is 4.39 Å². The molecule has 1 fully saturated rings. The van der Waals surface area contributed by atoms with Gasteiger partial charge in [-0.05, 0) is 25.0 Å². The molecular weight excluding hydrogens is 181 g/mol. The highest BCUT2D eigenvalue weighted by Gasteiger charge is 2.43. The average molecular weight is 191 g/mol. The zero-order valence-corrected chi connectivity index (χ0v) is 7.57. The van der Waals surface area contributed by atoms with Crippen LogP contribution < -0.4 is 5.73 Å². The molecule has 0 bridgehead atoms. The Balaban J connectivity index is 2.29. The van der Waals surface area contributed by atoms with Crippen LogP contribution in [0.25, 0.3) is 5.52 Å². The lowest BCUT2D eigenvalue weighted by molar-refractivity contribution is 0.608. The van der Waals surface area contributed by atoms with Gasteiger partial charge in [-0.25, -0.2) is 9.37 Å². The Labute approximate surface area is 80.4 Å². The van der Waals surface area contributed by atoms with Gasteiger partial charge in [-0.2, -0.15) is 0 Å². The zero-order chi connectivity index (χ0) is 9.76. The van der Waals surface area contributed by atoms with E-state index in [1.54, 1.807) is 16.7 Å².